The zero-order valence-electron chi connectivity index (χ0n) is 12.3. The van der Waals surface area contributed by atoms with Crippen LogP contribution in [0.25, 0.3) is 0 Å². The summed E-state index contributed by atoms with van der Waals surface area (Å²) >= 11 is 0. The van der Waals surface area contributed by atoms with Crippen LogP contribution in [0.5, 0.6) is 0 Å². The molecule has 1 heterocycles. The molecule has 3 N–H and O–H groups in total. The summed E-state index contributed by atoms with van der Waals surface area (Å²) in [5.41, 5.74) is 7.01. The minimum absolute atomic E-state index is 0.121. The van der Waals surface area contributed by atoms with E-state index in [9.17, 15) is 4.79 Å². The molecule has 0 spiro atoms. The van der Waals surface area contributed by atoms with Gasteiger partial charge in [0.2, 0.25) is 0 Å². The number of nitrogens with two attached hydrogens (primary N) is 1. The SMILES string of the molecule is Nc1cccnc1C(=O)NCC12CC3CC(CC(C3)C1)C2. The first-order chi connectivity index (χ1) is 10.1. The van der Waals surface area contributed by atoms with Crippen molar-refractivity contribution in [1.82, 2.24) is 10.3 Å². The number of pyridine rings is 1. The van der Waals surface area contributed by atoms with Crippen molar-refractivity contribution in [3.8, 4) is 0 Å². The molecule has 4 fully saturated rings. The van der Waals surface area contributed by atoms with Crippen LogP contribution in [0.15, 0.2) is 18.3 Å². The molecule has 0 radical (unpaired) electrons. The molecule has 0 atom stereocenters. The molecule has 21 heavy (non-hydrogen) atoms. The maximum Gasteiger partial charge on any atom is 0.272 e. The van der Waals surface area contributed by atoms with Crippen LogP contribution in [0.4, 0.5) is 5.69 Å². The maximum absolute atomic E-state index is 12.3. The topological polar surface area (TPSA) is 68.0 Å². The minimum atomic E-state index is -0.121. The van der Waals surface area contributed by atoms with E-state index in [1.807, 2.05) is 0 Å². The van der Waals surface area contributed by atoms with Gasteiger partial charge in [-0.05, 0) is 73.8 Å². The molecule has 5 rings (SSSR count). The fourth-order valence-corrected chi connectivity index (χ4v) is 5.47. The van der Waals surface area contributed by atoms with E-state index < -0.39 is 0 Å². The molecule has 4 heteroatoms. The van der Waals surface area contributed by atoms with E-state index in [2.05, 4.69) is 10.3 Å². The Morgan fingerprint density at radius 2 is 1.86 bits per heavy atom. The summed E-state index contributed by atoms with van der Waals surface area (Å²) < 4.78 is 0. The average Bonchev–Trinajstić information content (AvgIpc) is 2.44. The molecule has 4 bridgehead atoms. The predicted molar refractivity (Wildman–Crippen MR) is 81.6 cm³/mol. The number of nitrogens with one attached hydrogen (secondary N) is 1. The maximum atomic E-state index is 12.3. The Morgan fingerprint density at radius 3 is 2.43 bits per heavy atom. The first-order valence-electron chi connectivity index (χ1n) is 8.12. The lowest BCUT2D eigenvalue weighted by molar-refractivity contribution is -0.0503. The van der Waals surface area contributed by atoms with Gasteiger partial charge in [0, 0.05) is 12.7 Å². The number of anilines is 1. The molecule has 4 nitrogen and oxygen atoms in total. The van der Waals surface area contributed by atoms with Crippen LogP contribution in [0.1, 0.15) is 49.0 Å². The Kier molecular flexibility index (Phi) is 2.95. The highest BCUT2D eigenvalue weighted by Gasteiger charge is 2.50. The average molecular weight is 285 g/mol. The molecule has 0 saturated heterocycles. The van der Waals surface area contributed by atoms with E-state index in [0.717, 1.165) is 24.3 Å². The van der Waals surface area contributed by atoms with Crippen molar-refractivity contribution in [3.05, 3.63) is 24.0 Å². The Hall–Kier alpha value is -1.58. The molecule has 1 amide bonds. The number of nitrogen functional groups attached to an aromatic ring is 1. The molecule has 0 unspecified atom stereocenters. The van der Waals surface area contributed by atoms with Crippen LogP contribution < -0.4 is 11.1 Å². The summed E-state index contributed by atoms with van der Waals surface area (Å²) in [6.45, 7) is 0.797. The summed E-state index contributed by atoms with van der Waals surface area (Å²) in [6, 6.07) is 3.48. The van der Waals surface area contributed by atoms with E-state index >= 15 is 0 Å². The van der Waals surface area contributed by atoms with E-state index in [1.165, 1.54) is 38.5 Å². The largest absolute Gasteiger partial charge is 0.397 e. The molecule has 112 valence electrons. The van der Waals surface area contributed by atoms with Crippen molar-refractivity contribution < 1.29 is 4.79 Å². The van der Waals surface area contributed by atoms with Gasteiger partial charge in [-0.2, -0.15) is 0 Å². The summed E-state index contributed by atoms with van der Waals surface area (Å²) in [4.78, 5) is 16.4. The number of aromatic nitrogens is 1. The van der Waals surface area contributed by atoms with Gasteiger partial charge in [-0.15, -0.1) is 0 Å². The van der Waals surface area contributed by atoms with Crippen molar-refractivity contribution in [2.45, 2.75) is 38.5 Å². The zero-order valence-corrected chi connectivity index (χ0v) is 12.3. The standard InChI is InChI=1S/C17H23N3O/c18-14-2-1-3-19-15(14)16(21)20-10-17-7-11-4-12(8-17)6-13(5-11)9-17/h1-3,11-13H,4-10,18H2,(H,20,21). The molecule has 4 aliphatic rings. The fourth-order valence-electron chi connectivity index (χ4n) is 5.47. The Bertz CT molecular complexity index is 534. The van der Waals surface area contributed by atoms with E-state index in [-0.39, 0.29) is 5.91 Å². The Morgan fingerprint density at radius 1 is 1.24 bits per heavy atom. The molecular weight excluding hydrogens is 262 g/mol. The van der Waals surface area contributed by atoms with Crippen molar-refractivity contribution in [1.29, 1.82) is 0 Å². The van der Waals surface area contributed by atoms with Crippen molar-refractivity contribution >= 4 is 11.6 Å². The van der Waals surface area contributed by atoms with Gasteiger partial charge >= 0.3 is 0 Å². The monoisotopic (exact) mass is 285 g/mol. The van der Waals surface area contributed by atoms with Gasteiger partial charge in [0.05, 0.1) is 5.69 Å². The smallest absolute Gasteiger partial charge is 0.272 e. The highest BCUT2D eigenvalue weighted by Crippen LogP contribution is 2.59. The molecule has 0 aromatic carbocycles. The molecule has 1 aromatic rings. The first-order valence-corrected chi connectivity index (χ1v) is 8.12. The number of nitrogens with zero attached hydrogens (tertiary/aromatic N) is 1. The lowest BCUT2D eigenvalue weighted by Gasteiger charge is -2.56. The second-order valence-corrected chi connectivity index (χ2v) is 7.54. The van der Waals surface area contributed by atoms with Crippen LogP contribution in [-0.2, 0) is 0 Å². The van der Waals surface area contributed by atoms with Crippen LogP contribution in [0, 0.1) is 23.2 Å². The molecule has 4 aliphatic carbocycles. The summed E-state index contributed by atoms with van der Waals surface area (Å²) in [7, 11) is 0. The molecule has 1 aromatic heterocycles. The second kappa shape index (κ2) is 4.72. The summed E-state index contributed by atoms with van der Waals surface area (Å²) in [5, 5.41) is 3.12. The number of amides is 1. The highest BCUT2D eigenvalue weighted by atomic mass is 16.1. The molecular formula is C17H23N3O. The number of carbonyl (C=O) groups is 1. The minimum Gasteiger partial charge on any atom is -0.397 e. The van der Waals surface area contributed by atoms with Crippen molar-refractivity contribution in [3.63, 3.8) is 0 Å². The van der Waals surface area contributed by atoms with E-state index in [0.29, 0.717) is 16.8 Å². The number of hydrogen-bond donors (Lipinski definition) is 2. The first kappa shape index (κ1) is 13.1. The third kappa shape index (κ3) is 2.30. The van der Waals surface area contributed by atoms with Gasteiger partial charge in [0.15, 0.2) is 5.69 Å². The summed E-state index contributed by atoms with van der Waals surface area (Å²) in [5.74, 6) is 2.61. The fraction of sp³-hybridized carbons (Fsp3) is 0.647. The quantitative estimate of drug-likeness (QED) is 0.897. The normalized spacial score (nSPS) is 36.7. The van der Waals surface area contributed by atoms with E-state index in [4.69, 9.17) is 5.73 Å². The van der Waals surface area contributed by atoms with Gasteiger partial charge in [-0.1, -0.05) is 0 Å². The number of rotatable bonds is 3. The van der Waals surface area contributed by atoms with Gasteiger partial charge in [0.1, 0.15) is 0 Å². The van der Waals surface area contributed by atoms with Crippen LogP contribution >= 0.6 is 0 Å². The number of carbonyl (C=O) groups excluding carboxylic acids is 1. The van der Waals surface area contributed by atoms with Gasteiger partial charge < -0.3 is 11.1 Å². The predicted octanol–water partition coefficient (Wildman–Crippen LogP) is 2.61. The lowest BCUT2D eigenvalue weighted by atomic mass is 9.49. The van der Waals surface area contributed by atoms with Gasteiger partial charge in [0.25, 0.3) is 5.91 Å². The van der Waals surface area contributed by atoms with Crippen LogP contribution in [0.3, 0.4) is 0 Å². The Labute approximate surface area is 125 Å². The third-order valence-electron chi connectivity index (χ3n) is 5.84. The second-order valence-electron chi connectivity index (χ2n) is 7.54. The van der Waals surface area contributed by atoms with Crippen molar-refractivity contribution in [2.75, 3.05) is 12.3 Å². The van der Waals surface area contributed by atoms with E-state index in [1.54, 1.807) is 18.3 Å². The van der Waals surface area contributed by atoms with Crippen LogP contribution in [0.2, 0.25) is 0 Å². The van der Waals surface area contributed by atoms with Gasteiger partial charge in [-0.3, -0.25) is 4.79 Å². The van der Waals surface area contributed by atoms with Gasteiger partial charge in [-0.25, -0.2) is 4.98 Å². The van der Waals surface area contributed by atoms with Crippen LogP contribution in [-0.4, -0.2) is 17.4 Å². The summed E-state index contributed by atoms with van der Waals surface area (Å²) in [6.07, 6.45) is 9.82. The highest BCUT2D eigenvalue weighted by molar-refractivity contribution is 5.96. The third-order valence-corrected chi connectivity index (χ3v) is 5.84. The Balaban J connectivity index is 1.45. The lowest BCUT2D eigenvalue weighted by Crippen LogP contribution is -2.51. The molecule has 0 aliphatic heterocycles. The molecule has 4 saturated carbocycles. The van der Waals surface area contributed by atoms with Crippen molar-refractivity contribution in [2.24, 2.45) is 23.2 Å². The number of hydrogen-bond acceptors (Lipinski definition) is 3. The zero-order chi connectivity index (χ0) is 14.4.